The number of primary amides is 1. The van der Waals surface area contributed by atoms with E-state index >= 15 is 0 Å². The highest BCUT2D eigenvalue weighted by molar-refractivity contribution is 5.79. The molecule has 3 N–H and O–H groups in total. The van der Waals surface area contributed by atoms with Crippen LogP contribution in [0.3, 0.4) is 0 Å². The molecule has 4 nitrogen and oxygen atoms in total. The maximum Gasteiger partial charge on any atom is 0.258 e. The van der Waals surface area contributed by atoms with Crippen LogP contribution in [-0.2, 0) is 4.79 Å². The third-order valence-corrected chi connectivity index (χ3v) is 3.10. The molecule has 0 heterocycles. The lowest BCUT2D eigenvalue weighted by Gasteiger charge is -2.21. The first kappa shape index (κ1) is 15.5. The molecule has 0 fully saturated rings. The van der Waals surface area contributed by atoms with Crippen molar-refractivity contribution < 1.29 is 9.53 Å². The van der Waals surface area contributed by atoms with Crippen LogP contribution < -0.4 is 15.8 Å². The Labute approximate surface area is 115 Å². The first-order chi connectivity index (χ1) is 8.99. The Morgan fingerprint density at radius 1 is 1.42 bits per heavy atom. The maximum atomic E-state index is 11.3. The number of carbonyl (C=O) groups is 1. The first-order valence-electron chi connectivity index (χ1n) is 6.79. The highest BCUT2D eigenvalue weighted by Crippen LogP contribution is 2.27. The molecule has 106 valence electrons. The molecule has 1 aromatic rings. The summed E-state index contributed by atoms with van der Waals surface area (Å²) < 4.78 is 5.79. The van der Waals surface area contributed by atoms with Gasteiger partial charge in [0.2, 0.25) is 0 Å². The van der Waals surface area contributed by atoms with Gasteiger partial charge in [0.25, 0.3) is 5.91 Å². The van der Waals surface area contributed by atoms with Gasteiger partial charge < -0.3 is 15.8 Å². The van der Waals surface area contributed by atoms with Gasteiger partial charge in [-0.1, -0.05) is 26.0 Å². The van der Waals surface area contributed by atoms with Crippen molar-refractivity contribution in [1.82, 2.24) is 5.32 Å². The number of hydrogen-bond acceptors (Lipinski definition) is 3. The number of rotatable bonds is 7. The Kier molecular flexibility index (Phi) is 5.83. The van der Waals surface area contributed by atoms with Crippen LogP contribution in [-0.4, -0.2) is 18.6 Å². The van der Waals surface area contributed by atoms with Crippen LogP contribution in [0.1, 0.15) is 44.4 Å². The predicted octanol–water partition coefficient (Wildman–Crippen LogP) is 2.31. The third-order valence-electron chi connectivity index (χ3n) is 3.10. The zero-order valence-electron chi connectivity index (χ0n) is 12.2. The minimum atomic E-state index is -0.575. The van der Waals surface area contributed by atoms with Gasteiger partial charge in [-0.2, -0.15) is 0 Å². The summed E-state index contributed by atoms with van der Waals surface area (Å²) in [6.07, 6.45) is -0.00689. The number of carbonyl (C=O) groups excluding carboxylic acids is 1. The molecule has 0 aliphatic heterocycles. The normalized spacial score (nSPS) is 13.9. The van der Waals surface area contributed by atoms with E-state index < -0.39 is 12.0 Å². The molecule has 0 radical (unpaired) electrons. The summed E-state index contributed by atoms with van der Waals surface area (Å²) in [5.41, 5.74) is 7.49. The number of benzene rings is 1. The molecular weight excluding hydrogens is 240 g/mol. The molecule has 4 heteroatoms. The molecule has 0 aliphatic rings. The quantitative estimate of drug-likeness (QED) is 0.794. The second-order valence-electron chi connectivity index (χ2n) is 4.74. The van der Waals surface area contributed by atoms with Gasteiger partial charge in [0.15, 0.2) is 6.10 Å². The summed E-state index contributed by atoms with van der Waals surface area (Å²) in [6, 6.07) is 6.20. The molecule has 0 saturated carbocycles. The predicted molar refractivity (Wildman–Crippen MR) is 77.2 cm³/mol. The van der Waals surface area contributed by atoms with Crippen LogP contribution in [0, 0.1) is 6.92 Å². The Morgan fingerprint density at radius 3 is 2.63 bits per heavy atom. The minimum Gasteiger partial charge on any atom is -0.480 e. The lowest BCUT2D eigenvalue weighted by molar-refractivity contribution is -0.124. The van der Waals surface area contributed by atoms with Crippen molar-refractivity contribution >= 4 is 5.91 Å². The van der Waals surface area contributed by atoms with E-state index in [4.69, 9.17) is 10.5 Å². The lowest BCUT2D eigenvalue weighted by atomic mass is 10.0. The molecule has 2 unspecified atom stereocenters. The summed E-state index contributed by atoms with van der Waals surface area (Å²) >= 11 is 0. The zero-order valence-corrected chi connectivity index (χ0v) is 12.2. The Hall–Kier alpha value is -1.55. The monoisotopic (exact) mass is 264 g/mol. The van der Waals surface area contributed by atoms with Crippen molar-refractivity contribution in [3.05, 3.63) is 29.3 Å². The number of amides is 1. The molecule has 0 saturated heterocycles. The molecule has 1 aromatic carbocycles. The Balaban J connectivity index is 3.02. The molecule has 0 bridgehead atoms. The van der Waals surface area contributed by atoms with E-state index in [-0.39, 0.29) is 6.04 Å². The van der Waals surface area contributed by atoms with E-state index in [1.165, 1.54) is 0 Å². The second kappa shape index (κ2) is 7.14. The number of hydrogen-bond donors (Lipinski definition) is 2. The largest absolute Gasteiger partial charge is 0.480 e. The second-order valence-corrected chi connectivity index (χ2v) is 4.74. The fourth-order valence-corrected chi connectivity index (χ4v) is 2.01. The van der Waals surface area contributed by atoms with Crippen LogP contribution in [0.4, 0.5) is 0 Å². The summed E-state index contributed by atoms with van der Waals surface area (Å²) in [5.74, 6) is 0.310. The van der Waals surface area contributed by atoms with Gasteiger partial charge in [-0.15, -0.1) is 0 Å². The average molecular weight is 264 g/mol. The molecule has 1 amide bonds. The topological polar surface area (TPSA) is 64.3 Å². The van der Waals surface area contributed by atoms with Crippen LogP contribution in [0.25, 0.3) is 0 Å². The summed E-state index contributed by atoms with van der Waals surface area (Å²) in [7, 11) is 0. The number of ether oxygens (including phenoxy) is 1. The third kappa shape index (κ3) is 4.24. The number of nitrogens with one attached hydrogen (secondary N) is 1. The molecular formula is C15H24N2O2. The van der Waals surface area contributed by atoms with E-state index in [0.717, 1.165) is 23.4 Å². The van der Waals surface area contributed by atoms with E-state index in [1.54, 1.807) is 0 Å². The molecule has 19 heavy (non-hydrogen) atoms. The minimum absolute atomic E-state index is 0.172. The first-order valence-corrected chi connectivity index (χ1v) is 6.79. The van der Waals surface area contributed by atoms with Gasteiger partial charge in [-0.3, -0.25) is 4.79 Å². The van der Waals surface area contributed by atoms with Gasteiger partial charge in [-0.05, 0) is 38.4 Å². The van der Waals surface area contributed by atoms with Gasteiger partial charge in [-0.25, -0.2) is 0 Å². The number of nitrogens with two attached hydrogens (primary N) is 1. The van der Waals surface area contributed by atoms with Crippen LogP contribution in [0.15, 0.2) is 18.2 Å². The van der Waals surface area contributed by atoms with Crippen molar-refractivity contribution in [3.8, 4) is 5.75 Å². The average Bonchev–Trinajstić information content (AvgIpc) is 2.35. The summed E-state index contributed by atoms with van der Waals surface area (Å²) in [4.78, 5) is 11.3. The van der Waals surface area contributed by atoms with E-state index in [2.05, 4.69) is 19.2 Å². The highest BCUT2D eigenvalue weighted by atomic mass is 16.5. The number of aryl methyl sites for hydroxylation is 1. The van der Waals surface area contributed by atoms with Gasteiger partial charge in [0.05, 0.1) is 0 Å². The van der Waals surface area contributed by atoms with Gasteiger partial charge in [0.1, 0.15) is 5.75 Å². The SMILES string of the molecule is CCNC(C)c1ccc(C)cc1OC(CC)C(N)=O. The lowest BCUT2D eigenvalue weighted by Crippen LogP contribution is -2.33. The molecule has 0 aliphatic carbocycles. The van der Waals surface area contributed by atoms with Gasteiger partial charge in [0, 0.05) is 11.6 Å². The fourth-order valence-electron chi connectivity index (χ4n) is 2.01. The Bertz CT molecular complexity index is 432. The molecule has 0 spiro atoms. The standard InChI is InChI=1S/C15H24N2O2/c1-5-13(15(16)18)19-14-9-10(3)7-8-12(14)11(4)17-6-2/h7-9,11,13,17H,5-6H2,1-4H3,(H2,16,18). The van der Waals surface area contributed by atoms with Crippen molar-refractivity contribution in [2.75, 3.05) is 6.54 Å². The zero-order chi connectivity index (χ0) is 14.4. The van der Waals surface area contributed by atoms with E-state index in [9.17, 15) is 4.79 Å². The molecule has 1 rings (SSSR count). The fraction of sp³-hybridized carbons (Fsp3) is 0.533. The van der Waals surface area contributed by atoms with E-state index in [0.29, 0.717) is 6.42 Å². The molecule has 2 atom stereocenters. The van der Waals surface area contributed by atoms with Crippen molar-refractivity contribution in [2.45, 2.75) is 46.3 Å². The van der Waals surface area contributed by atoms with Crippen molar-refractivity contribution in [2.24, 2.45) is 5.73 Å². The smallest absolute Gasteiger partial charge is 0.258 e. The van der Waals surface area contributed by atoms with Crippen LogP contribution >= 0.6 is 0 Å². The van der Waals surface area contributed by atoms with Crippen LogP contribution in [0.5, 0.6) is 5.75 Å². The van der Waals surface area contributed by atoms with Crippen LogP contribution in [0.2, 0.25) is 0 Å². The van der Waals surface area contributed by atoms with E-state index in [1.807, 2.05) is 32.0 Å². The van der Waals surface area contributed by atoms with Crippen molar-refractivity contribution in [3.63, 3.8) is 0 Å². The summed E-state index contributed by atoms with van der Waals surface area (Å²) in [5, 5.41) is 3.35. The Morgan fingerprint density at radius 2 is 2.11 bits per heavy atom. The van der Waals surface area contributed by atoms with Gasteiger partial charge >= 0.3 is 0 Å². The maximum absolute atomic E-state index is 11.3. The molecule has 0 aromatic heterocycles. The summed E-state index contributed by atoms with van der Waals surface area (Å²) in [6.45, 7) is 8.90. The van der Waals surface area contributed by atoms with Crippen molar-refractivity contribution in [1.29, 1.82) is 0 Å². The highest BCUT2D eigenvalue weighted by Gasteiger charge is 2.18.